The van der Waals surface area contributed by atoms with E-state index in [0.717, 1.165) is 24.8 Å². The second kappa shape index (κ2) is 7.56. The highest BCUT2D eigenvalue weighted by Crippen LogP contribution is 2.33. The minimum atomic E-state index is -0.650. The maximum atomic E-state index is 12.5. The summed E-state index contributed by atoms with van der Waals surface area (Å²) >= 11 is 0. The molecule has 2 aromatic rings. The summed E-state index contributed by atoms with van der Waals surface area (Å²) in [5, 5.41) is 0. The van der Waals surface area contributed by atoms with Gasteiger partial charge in [-0.3, -0.25) is 9.59 Å². The van der Waals surface area contributed by atoms with Crippen LogP contribution in [0.3, 0.4) is 0 Å². The molecule has 0 saturated carbocycles. The van der Waals surface area contributed by atoms with E-state index in [4.69, 9.17) is 4.74 Å². The Hall–Kier alpha value is -2.89. The fourth-order valence-electron chi connectivity index (χ4n) is 3.33. The summed E-state index contributed by atoms with van der Waals surface area (Å²) in [6.07, 6.45) is 4.39. The number of ketones is 1. The number of fused-ring (bicyclic) bond motifs is 1. The first kappa shape index (κ1) is 17.9. The van der Waals surface area contributed by atoms with Gasteiger partial charge in [-0.2, -0.15) is 0 Å². The van der Waals surface area contributed by atoms with Gasteiger partial charge in [0.2, 0.25) is 0 Å². The number of carbonyl (C=O) groups is 3. The molecule has 3 rings (SSSR count). The molecular formula is C20H22N2O4. The molecule has 6 heteroatoms. The lowest BCUT2D eigenvalue weighted by Gasteiger charge is -2.33. The van der Waals surface area contributed by atoms with Crippen LogP contribution in [0.1, 0.15) is 57.8 Å². The van der Waals surface area contributed by atoms with Gasteiger partial charge >= 0.3 is 5.97 Å². The summed E-state index contributed by atoms with van der Waals surface area (Å²) < 4.78 is 5.11. The number of ether oxygens (including phenoxy) is 1. The molecule has 1 aromatic heterocycles. The molecule has 0 radical (unpaired) electrons. The van der Waals surface area contributed by atoms with Crippen molar-refractivity contribution in [2.24, 2.45) is 0 Å². The number of aryl methyl sites for hydroxylation is 1. The number of esters is 1. The van der Waals surface area contributed by atoms with Crippen molar-refractivity contribution in [1.82, 2.24) is 9.88 Å². The molecular weight excluding hydrogens is 332 g/mol. The summed E-state index contributed by atoms with van der Waals surface area (Å²) in [6.45, 7) is 1.08. The number of likely N-dealkylation sites (N-methyl/N-ethyl adjacent to an activating group) is 1. The number of H-pyrrole nitrogens is 1. The number of aromatic nitrogens is 1. The van der Waals surface area contributed by atoms with Gasteiger partial charge in [0.15, 0.2) is 12.4 Å². The predicted octanol–water partition coefficient (Wildman–Crippen LogP) is 2.91. The molecule has 1 amide bonds. The van der Waals surface area contributed by atoms with Crippen LogP contribution in [-0.4, -0.2) is 41.2 Å². The summed E-state index contributed by atoms with van der Waals surface area (Å²) in [6, 6.07) is 9.57. The van der Waals surface area contributed by atoms with Crippen LogP contribution in [0.4, 0.5) is 0 Å². The maximum Gasteiger partial charge on any atom is 0.355 e. The second-order valence-corrected chi connectivity index (χ2v) is 6.55. The molecule has 1 aliphatic rings. The normalized spacial score (nSPS) is 15.8. The van der Waals surface area contributed by atoms with Gasteiger partial charge in [-0.25, -0.2) is 4.79 Å². The van der Waals surface area contributed by atoms with Crippen LogP contribution in [-0.2, 0) is 16.0 Å². The Morgan fingerprint density at radius 3 is 2.77 bits per heavy atom. The highest BCUT2D eigenvalue weighted by molar-refractivity contribution is 5.97. The van der Waals surface area contributed by atoms with Crippen LogP contribution in [0.2, 0.25) is 0 Å². The molecule has 0 spiro atoms. The number of hydrogen-bond donors (Lipinski definition) is 1. The van der Waals surface area contributed by atoms with E-state index in [1.165, 1.54) is 24.8 Å². The third-order valence-electron chi connectivity index (χ3n) is 4.83. The first-order valence-electron chi connectivity index (χ1n) is 8.67. The SMILES string of the molecule is CC(=O)c1c[nH]c(C(=O)OCC(=O)N(C)[C@H]2CCCc3ccccc32)c1. The lowest BCUT2D eigenvalue weighted by Crippen LogP contribution is -2.36. The van der Waals surface area contributed by atoms with Gasteiger partial charge in [-0.15, -0.1) is 0 Å². The third-order valence-corrected chi connectivity index (χ3v) is 4.83. The van der Waals surface area contributed by atoms with Crippen molar-refractivity contribution in [3.8, 4) is 0 Å². The number of amides is 1. The summed E-state index contributed by atoms with van der Waals surface area (Å²) in [7, 11) is 1.74. The largest absolute Gasteiger partial charge is 0.451 e. The first-order chi connectivity index (χ1) is 12.5. The monoisotopic (exact) mass is 354 g/mol. The van der Waals surface area contributed by atoms with Crippen LogP contribution in [0.5, 0.6) is 0 Å². The number of Topliss-reactive ketones (excluding diaryl/α,β-unsaturated/α-hetero) is 1. The fourth-order valence-corrected chi connectivity index (χ4v) is 3.33. The lowest BCUT2D eigenvalue weighted by atomic mass is 9.87. The van der Waals surface area contributed by atoms with E-state index in [9.17, 15) is 14.4 Å². The van der Waals surface area contributed by atoms with Gasteiger partial charge in [0, 0.05) is 18.8 Å². The number of benzene rings is 1. The number of nitrogens with one attached hydrogen (secondary N) is 1. The average molecular weight is 354 g/mol. The summed E-state index contributed by atoms with van der Waals surface area (Å²) in [5.74, 6) is -1.05. The number of nitrogens with zero attached hydrogens (tertiary/aromatic N) is 1. The smallest absolute Gasteiger partial charge is 0.355 e. The molecule has 1 heterocycles. The summed E-state index contributed by atoms with van der Waals surface area (Å²) in [5.41, 5.74) is 2.99. The maximum absolute atomic E-state index is 12.5. The molecule has 1 aromatic carbocycles. The van der Waals surface area contributed by atoms with Gasteiger partial charge in [0.25, 0.3) is 5.91 Å². The topological polar surface area (TPSA) is 79.5 Å². The van der Waals surface area contributed by atoms with Crippen LogP contribution in [0.25, 0.3) is 0 Å². The molecule has 6 nitrogen and oxygen atoms in total. The minimum absolute atomic E-state index is 0.000885. The molecule has 26 heavy (non-hydrogen) atoms. The standard InChI is InChI=1S/C20H22N2O4/c1-13(23)15-10-17(21-11-15)20(25)26-12-19(24)22(2)18-9-5-7-14-6-3-4-8-16(14)18/h3-4,6,8,10-11,18,21H,5,7,9,12H2,1-2H3/t18-/m0/s1. The Balaban J connectivity index is 1.61. The number of carbonyl (C=O) groups excluding carboxylic acids is 3. The van der Waals surface area contributed by atoms with E-state index in [2.05, 4.69) is 17.1 Å². The van der Waals surface area contributed by atoms with Crippen molar-refractivity contribution in [2.45, 2.75) is 32.2 Å². The number of hydrogen-bond acceptors (Lipinski definition) is 4. The van der Waals surface area contributed by atoms with E-state index in [0.29, 0.717) is 5.56 Å². The molecule has 0 aliphatic heterocycles. The van der Waals surface area contributed by atoms with E-state index >= 15 is 0 Å². The lowest BCUT2D eigenvalue weighted by molar-refractivity contribution is -0.135. The average Bonchev–Trinajstić information content (AvgIpc) is 3.15. The van der Waals surface area contributed by atoms with Crippen molar-refractivity contribution < 1.29 is 19.1 Å². The zero-order valence-electron chi connectivity index (χ0n) is 15.0. The minimum Gasteiger partial charge on any atom is -0.451 e. The second-order valence-electron chi connectivity index (χ2n) is 6.55. The number of rotatable bonds is 5. The fraction of sp³-hybridized carbons (Fsp3) is 0.350. The molecule has 0 fully saturated rings. The van der Waals surface area contributed by atoms with E-state index in [1.54, 1.807) is 11.9 Å². The molecule has 1 atom stereocenters. The van der Waals surface area contributed by atoms with E-state index < -0.39 is 5.97 Å². The van der Waals surface area contributed by atoms with Gasteiger partial charge in [0.1, 0.15) is 5.69 Å². The van der Waals surface area contributed by atoms with Crippen molar-refractivity contribution in [3.05, 3.63) is 58.9 Å². The molecule has 1 aliphatic carbocycles. The molecule has 136 valence electrons. The molecule has 0 bridgehead atoms. The predicted molar refractivity (Wildman–Crippen MR) is 96.0 cm³/mol. The Labute approximate surface area is 152 Å². The Morgan fingerprint density at radius 1 is 1.27 bits per heavy atom. The van der Waals surface area contributed by atoms with Gasteiger partial charge < -0.3 is 14.6 Å². The van der Waals surface area contributed by atoms with Crippen molar-refractivity contribution >= 4 is 17.7 Å². The highest BCUT2D eigenvalue weighted by atomic mass is 16.5. The zero-order chi connectivity index (χ0) is 18.7. The van der Waals surface area contributed by atoms with Crippen LogP contribution in [0, 0.1) is 0 Å². The Morgan fingerprint density at radius 2 is 2.04 bits per heavy atom. The quantitative estimate of drug-likeness (QED) is 0.661. The van der Waals surface area contributed by atoms with Crippen LogP contribution < -0.4 is 0 Å². The third kappa shape index (κ3) is 3.69. The molecule has 0 saturated heterocycles. The van der Waals surface area contributed by atoms with Crippen LogP contribution in [0.15, 0.2) is 36.5 Å². The van der Waals surface area contributed by atoms with Crippen molar-refractivity contribution in [2.75, 3.05) is 13.7 Å². The Kier molecular flexibility index (Phi) is 5.21. The van der Waals surface area contributed by atoms with Crippen molar-refractivity contribution in [1.29, 1.82) is 0 Å². The molecule has 0 unspecified atom stereocenters. The highest BCUT2D eigenvalue weighted by Gasteiger charge is 2.27. The zero-order valence-corrected chi connectivity index (χ0v) is 15.0. The van der Waals surface area contributed by atoms with Crippen LogP contribution >= 0.6 is 0 Å². The van der Waals surface area contributed by atoms with Crippen molar-refractivity contribution in [3.63, 3.8) is 0 Å². The Bertz CT molecular complexity index is 840. The summed E-state index contributed by atoms with van der Waals surface area (Å²) in [4.78, 5) is 40.2. The van der Waals surface area contributed by atoms with E-state index in [-0.39, 0.29) is 30.0 Å². The van der Waals surface area contributed by atoms with E-state index in [1.807, 2.05) is 12.1 Å². The first-order valence-corrected chi connectivity index (χ1v) is 8.67. The number of aromatic amines is 1. The van der Waals surface area contributed by atoms with Gasteiger partial charge in [-0.1, -0.05) is 24.3 Å². The molecule has 1 N–H and O–H groups in total. The van der Waals surface area contributed by atoms with Gasteiger partial charge in [0.05, 0.1) is 6.04 Å². The van der Waals surface area contributed by atoms with Gasteiger partial charge in [-0.05, 0) is 43.4 Å².